The van der Waals surface area contributed by atoms with Gasteiger partial charge in [-0.1, -0.05) is 5.16 Å². The SMILES string of the molecule is CO/N=C/c1c(O)ccc(C=O)c1OCC(=O)OC. The molecular formula is C12H13NO6. The lowest BCUT2D eigenvalue weighted by Gasteiger charge is -2.11. The van der Waals surface area contributed by atoms with Crippen molar-refractivity contribution in [3.05, 3.63) is 23.3 Å². The molecular weight excluding hydrogens is 254 g/mol. The van der Waals surface area contributed by atoms with Gasteiger partial charge in [-0.2, -0.15) is 0 Å². The summed E-state index contributed by atoms with van der Waals surface area (Å²) in [4.78, 5) is 26.5. The zero-order valence-corrected chi connectivity index (χ0v) is 10.5. The molecule has 0 aliphatic carbocycles. The van der Waals surface area contributed by atoms with E-state index in [4.69, 9.17) is 4.74 Å². The van der Waals surface area contributed by atoms with Gasteiger partial charge in [0.05, 0.1) is 24.5 Å². The van der Waals surface area contributed by atoms with Gasteiger partial charge in [0.25, 0.3) is 0 Å². The van der Waals surface area contributed by atoms with Gasteiger partial charge < -0.3 is 19.4 Å². The summed E-state index contributed by atoms with van der Waals surface area (Å²) in [6, 6.07) is 2.67. The van der Waals surface area contributed by atoms with Gasteiger partial charge in [0.15, 0.2) is 12.9 Å². The third kappa shape index (κ3) is 3.70. The highest BCUT2D eigenvalue weighted by Gasteiger charge is 2.15. The van der Waals surface area contributed by atoms with Crippen LogP contribution in [-0.4, -0.2) is 44.4 Å². The molecule has 0 atom stereocenters. The molecule has 0 bridgehead atoms. The number of aromatic hydroxyl groups is 1. The Morgan fingerprint density at radius 2 is 2.16 bits per heavy atom. The first-order valence-corrected chi connectivity index (χ1v) is 5.21. The normalized spacial score (nSPS) is 10.2. The number of aldehydes is 1. The summed E-state index contributed by atoms with van der Waals surface area (Å²) in [7, 11) is 2.54. The Kier molecular flexibility index (Phi) is 5.34. The van der Waals surface area contributed by atoms with E-state index in [0.717, 1.165) is 0 Å². The number of hydrogen-bond donors (Lipinski definition) is 1. The number of hydrogen-bond acceptors (Lipinski definition) is 7. The zero-order valence-electron chi connectivity index (χ0n) is 10.5. The van der Waals surface area contributed by atoms with Crippen molar-refractivity contribution in [3.63, 3.8) is 0 Å². The highest BCUT2D eigenvalue weighted by Crippen LogP contribution is 2.29. The van der Waals surface area contributed by atoms with E-state index in [-0.39, 0.29) is 22.6 Å². The first-order valence-electron chi connectivity index (χ1n) is 5.21. The average Bonchev–Trinajstić information content (AvgIpc) is 2.43. The van der Waals surface area contributed by atoms with Crippen LogP contribution in [-0.2, 0) is 14.4 Å². The lowest BCUT2D eigenvalue weighted by molar-refractivity contribution is -0.142. The predicted octanol–water partition coefficient (Wildman–Crippen LogP) is 0.737. The first kappa shape index (κ1) is 14.5. The van der Waals surface area contributed by atoms with Gasteiger partial charge in [-0.25, -0.2) is 4.79 Å². The number of ether oxygens (including phenoxy) is 2. The molecule has 1 N–H and O–H groups in total. The lowest BCUT2D eigenvalue weighted by atomic mass is 10.1. The Hall–Kier alpha value is -2.57. The van der Waals surface area contributed by atoms with Gasteiger partial charge in [0, 0.05) is 0 Å². The Morgan fingerprint density at radius 1 is 1.42 bits per heavy atom. The number of esters is 1. The van der Waals surface area contributed by atoms with Gasteiger partial charge >= 0.3 is 5.97 Å². The number of carbonyl (C=O) groups excluding carboxylic acids is 2. The number of benzene rings is 1. The van der Waals surface area contributed by atoms with E-state index in [9.17, 15) is 14.7 Å². The standard InChI is InChI=1S/C12H13NO6/c1-17-11(16)7-19-12-8(6-14)3-4-10(15)9(12)5-13-18-2/h3-6,15H,7H2,1-2H3/b13-5+. The average molecular weight is 267 g/mol. The Morgan fingerprint density at radius 3 is 2.74 bits per heavy atom. The maximum absolute atomic E-state index is 11.0. The van der Waals surface area contributed by atoms with Crippen LogP contribution in [0.2, 0.25) is 0 Å². The largest absolute Gasteiger partial charge is 0.507 e. The van der Waals surface area contributed by atoms with Gasteiger partial charge in [0.2, 0.25) is 0 Å². The summed E-state index contributed by atoms with van der Waals surface area (Å²) in [6.45, 7) is -0.394. The first-order chi connectivity index (χ1) is 9.13. The number of oxime groups is 1. The molecule has 0 fully saturated rings. The van der Waals surface area contributed by atoms with Crippen LogP contribution in [0.15, 0.2) is 17.3 Å². The number of carbonyl (C=O) groups is 2. The van der Waals surface area contributed by atoms with Crippen molar-refractivity contribution in [1.29, 1.82) is 0 Å². The predicted molar refractivity (Wildman–Crippen MR) is 65.6 cm³/mol. The van der Waals surface area contributed by atoms with Crippen molar-refractivity contribution >= 4 is 18.5 Å². The number of phenolic OH excluding ortho intramolecular Hbond substituents is 1. The molecule has 7 heteroatoms. The van der Waals surface area contributed by atoms with Gasteiger partial charge in [-0.05, 0) is 12.1 Å². The van der Waals surface area contributed by atoms with Gasteiger partial charge in [-0.3, -0.25) is 4.79 Å². The molecule has 0 aliphatic rings. The molecule has 0 radical (unpaired) electrons. The lowest BCUT2D eigenvalue weighted by Crippen LogP contribution is -2.14. The van der Waals surface area contributed by atoms with Gasteiger partial charge in [0.1, 0.15) is 18.6 Å². The van der Waals surface area contributed by atoms with E-state index in [2.05, 4.69) is 14.7 Å². The van der Waals surface area contributed by atoms with E-state index in [0.29, 0.717) is 6.29 Å². The molecule has 102 valence electrons. The Balaban J connectivity index is 3.15. The van der Waals surface area contributed by atoms with Crippen molar-refractivity contribution in [2.75, 3.05) is 20.8 Å². The number of nitrogens with zero attached hydrogens (tertiary/aromatic N) is 1. The quantitative estimate of drug-likeness (QED) is 0.353. The number of rotatable bonds is 6. The van der Waals surface area contributed by atoms with Gasteiger partial charge in [-0.15, -0.1) is 0 Å². The summed E-state index contributed by atoms with van der Waals surface area (Å²) in [5, 5.41) is 13.2. The van der Waals surface area contributed by atoms with Crippen molar-refractivity contribution in [3.8, 4) is 11.5 Å². The second-order valence-corrected chi connectivity index (χ2v) is 3.32. The van der Waals surface area contributed by atoms with Crippen molar-refractivity contribution < 1.29 is 29.0 Å². The number of methoxy groups -OCH3 is 1. The van der Waals surface area contributed by atoms with Crippen molar-refractivity contribution in [1.82, 2.24) is 0 Å². The highest BCUT2D eigenvalue weighted by molar-refractivity contribution is 5.93. The van der Waals surface area contributed by atoms with Crippen LogP contribution in [0.3, 0.4) is 0 Å². The molecule has 1 rings (SSSR count). The number of phenols is 1. The summed E-state index contributed by atoms with van der Waals surface area (Å²) in [6.07, 6.45) is 1.71. The molecule has 0 amide bonds. The fourth-order valence-corrected chi connectivity index (χ4v) is 1.28. The van der Waals surface area contributed by atoms with Crippen LogP contribution in [0.5, 0.6) is 11.5 Å². The topological polar surface area (TPSA) is 94.4 Å². The second kappa shape index (κ2) is 7.00. The fourth-order valence-electron chi connectivity index (χ4n) is 1.28. The molecule has 0 unspecified atom stereocenters. The second-order valence-electron chi connectivity index (χ2n) is 3.32. The van der Waals surface area contributed by atoms with E-state index in [1.165, 1.54) is 32.6 Å². The highest BCUT2D eigenvalue weighted by atomic mass is 16.6. The van der Waals surface area contributed by atoms with Crippen molar-refractivity contribution in [2.45, 2.75) is 0 Å². The summed E-state index contributed by atoms with van der Waals surface area (Å²) in [5.74, 6) is -0.748. The summed E-state index contributed by atoms with van der Waals surface area (Å²) >= 11 is 0. The molecule has 1 aromatic carbocycles. The third-order valence-electron chi connectivity index (χ3n) is 2.18. The maximum Gasteiger partial charge on any atom is 0.343 e. The van der Waals surface area contributed by atoms with Crippen LogP contribution in [0.1, 0.15) is 15.9 Å². The molecule has 0 spiro atoms. The molecule has 1 aromatic rings. The Labute approximate surface area is 109 Å². The van der Waals surface area contributed by atoms with E-state index in [1.807, 2.05) is 0 Å². The van der Waals surface area contributed by atoms with Crippen molar-refractivity contribution in [2.24, 2.45) is 5.16 Å². The third-order valence-corrected chi connectivity index (χ3v) is 2.18. The minimum atomic E-state index is -0.616. The molecule has 0 heterocycles. The monoisotopic (exact) mass is 267 g/mol. The molecule has 19 heavy (non-hydrogen) atoms. The van der Waals surface area contributed by atoms with E-state index < -0.39 is 12.6 Å². The zero-order chi connectivity index (χ0) is 14.3. The minimum Gasteiger partial charge on any atom is -0.507 e. The summed E-state index contributed by atoms with van der Waals surface area (Å²) in [5.41, 5.74) is 0.301. The van der Waals surface area contributed by atoms with Crippen LogP contribution in [0, 0.1) is 0 Å². The summed E-state index contributed by atoms with van der Waals surface area (Å²) < 4.78 is 9.60. The smallest absolute Gasteiger partial charge is 0.343 e. The minimum absolute atomic E-state index is 0.0289. The molecule has 0 saturated carbocycles. The van der Waals surface area contributed by atoms with Crippen LogP contribution >= 0.6 is 0 Å². The Bertz CT molecular complexity index is 497. The fraction of sp³-hybridized carbons (Fsp3) is 0.250. The molecule has 0 aromatic heterocycles. The van der Waals surface area contributed by atoms with E-state index in [1.54, 1.807) is 0 Å². The van der Waals surface area contributed by atoms with Crippen LogP contribution < -0.4 is 4.74 Å². The maximum atomic E-state index is 11.0. The molecule has 0 saturated heterocycles. The molecule has 7 nitrogen and oxygen atoms in total. The van der Waals surface area contributed by atoms with E-state index >= 15 is 0 Å². The molecule has 0 aliphatic heterocycles. The van der Waals surface area contributed by atoms with Crippen LogP contribution in [0.4, 0.5) is 0 Å². The van der Waals surface area contributed by atoms with Crippen LogP contribution in [0.25, 0.3) is 0 Å².